The highest BCUT2D eigenvalue weighted by atomic mass is 32.1. The Labute approximate surface area is 158 Å². The Bertz CT molecular complexity index is 858. The number of amides is 2. The van der Waals surface area contributed by atoms with Crippen LogP contribution in [0.4, 0.5) is 4.39 Å². The summed E-state index contributed by atoms with van der Waals surface area (Å²) in [6, 6.07) is 12.3. The molecule has 0 aliphatic heterocycles. The molecule has 2 amide bonds. The molecule has 3 rings (SSSR count). The maximum absolute atomic E-state index is 12.9. The highest BCUT2D eigenvalue weighted by Gasteiger charge is 2.36. The molecule has 140 valence electrons. The number of hydrogen-bond donors (Lipinski definition) is 3. The molecule has 0 bridgehead atoms. The third-order valence-corrected chi connectivity index (χ3v) is 4.96. The molecule has 1 aromatic carbocycles. The van der Waals surface area contributed by atoms with E-state index in [-0.39, 0.29) is 24.7 Å². The summed E-state index contributed by atoms with van der Waals surface area (Å²) in [5, 5.41) is 17.7. The summed E-state index contributed by atoms with van der Waals surface area (Å²) < 4.78 is 18.2. The molecule has 0 saturated carbocycles. The van der Waals surface area contributed by atoms with Crippen molar-refractivity contribution >= 4 is 23.2 Å². The number of hydrogen-bond acceptors (Lipinski definition) is 5. The predicted octanol–water partition coefficient (Wildman–Crippen LogP) is 2.15. The van der Waals surface area contributed by atoms with Crippen molar-refractivity contribution in [2.75, 3.05) is 6.54 Å². The Balaban J connectivity index is 1.61. The zero-order chi connectivity index (χ0) is 19.3. The molecular weight excluding hydrogens is 371 g/mol. The van der Waals surface area contributed by atoms with Crippen LogP contribution in [0, 0.1) is 5.82 Å². The fourth-order valence-electron chi connectivity index (χ4n) is 2.48. The first kappa shape index (κ1) is 18.8. The second-order valence-corrected chi connectivity index (χ2v) is 6.75. The summed E-state index contributed by atoms with van der Waals surface area (Å²) in [6.45, 7) is -0.149. The van der Waals surface area contributed by atoms with Gasteiger partial charge < -0.3 is 20.2 Å². The van der Waals surface area contributed by atoms with Gasteiger partial charge in [-0.05, 0) is 41.3 Å². The number of carbonyl (C=O) groups is 2. The first-order chi connectivity index (χ1) is 13.0. The number of aliphatic hydroxyl groups is 1. The van der Waals surface area contributed by atoms with Crippen LogP contribution in [0.5, 0.6) is 0 Å². The number of benzene rings is 1. The molecule has 1 atom stereocenters. The Hall–Kier alpha value is -2.97. The van der Waals surface area contributed by atoms with Crippen molar-refractivity contribution in [3.8, 4) is 0 Å². The molecule has 0 spiro atoms. The molecule has 0 fully saturated rings. The van der Waals surface area contributed by atoms with Gasteiger partial charge in [-0.3, -0.25) is 9.59 Å². The third-order valence-electron chi connectivity index (χ3n) is 3.93. The van der Waals surface area contributed by atoms with Crippen molar-refractivity contribution in [2.24, 2.45) is 0 Å². The summed E-state index contributed by atoms with van der Waals surface area (Å²) in [7, 11) is 0. The highest BCUT2D eigenvalue weighted by molar-refractivity contribution is 7.10. The molecule has 0 radical (unpaired) electrons. The van der Waals surface area contributed by atoms with E-state index in [1.54, 1.807) is 29.6 Å². The fourth-order valence-corrected chi connectivity index (χ4v) is 3.31. The van der Waals surface area contributed by atoms with Gasteiger partial charge in [-0.1, -0.05) is 18.2 Å². The van der Waals surface area contributed by atoms with Gasteiger partial charge in [0.25, 0.3) is 0 Å². The number of halogens is 1. The second kappa shape index (κ2) is 8.15. The predicted molar refractivity (Wildman–Crippen MR) is 97.3 cm³/mol. The molecule has 6 nitrogen and oxygen atoms in total. The van der Waals surface area contributed by atoms with Crippen LogP contribution in [0.25, 0.3) is 0 Å². The fraction of sp³-hybridized carbons (Fsp3) is 0.158. The van der Waals surface area contributed by atoms with Gasteiger partial charge in [-0.15, -0.1) is 11.3 Å². The number of rotatable bonds is 6. The van der Waals surface area contributed by atoms with Crippen LogP contribution < -0.4 is 10.6 Å². The van der Waals surface area contributed by atoms with Crippen LogP contribution in [0.1, 0.15) is 16.2 Å². The lowest BCUT2D eigenvalue weighted by molar-refractivity contribution is -0.139. The quantitative estimate of drug-likeness (QED) is 0.564. The van der Waals surface area contributed by atoms with E-state index < -0.39 is 17.4 Å². The number of furan rings is 1. The highest BCUT2D eigenvalue weighted by Crippen LogP contribution is 2.32. The maximum atomic E-state index is 12.9. The Morgan fingerprint density at radius 3 is 2.44 bits per heavy atom. The smallest absolute Gasteiger partial charge is 0.309 e. The van der Waals surface area contributed by atoms with Crippen molar-refractivity contribution in [1.82, 2.24) is 10.6 Å². The molecule has 2 heterocycles. The summed E-state index contributed by atoms with van der Waals surface area (Å²) in [5.74, 6) is -1.86. The van der Waals surface area contributed by atoms with Gasteiger partial charge in [0.1, 0.15) is 11.6 Å². The maximum Gasteiger partial charge on any atom is 0.309 e. The van der Waals surface area contributed by atoms with E-state index in [2.05, 4.69) is 10.6 Å². The number of thiophene rings is 1. The zero-order valence-electron chi connectivity index (χ0n) is 14.1. The van der Waals surface area contributed by atoms with Crippen LogP contribution in [0.3, 0.4) is 0 Å². The Kier molecular flexibility index (Phi) is 5.68. The summed E-state index contributed by atoms with van der Waals surface area (Å²) in [4.78, 5) is 24.6. The molecule has 27 heavy (non-hydrogen) atoms. The molecule has 0 saturated heterocycles. The topological polar surface area (TPSA) is 91.6 Å². The van der Waals surface area contributed by atoms with Crippen molar-refractivity contribution in [3.05, 3.63) is 82.2 Å². The van der Waals surface area contributed by atoms with Gasteiger partial charge in [-0.2, -0.15) is 0 Å². The average molecular weight is 388 g/mol. The molecule has 0 aliphatic carbocycles. The minimum absolute atomic E-state index is 0.0832. The van der Waals surface area contributed by atoms with Crippen molar-refractivity contribution in [3.63, 3.8) is 0 Å². The lowest BCUT2D eigenvalue weighted by atomic mass is 9.98. The first-order valence-electron chi connectivity index (χ1n) is 8.10. The number of nitrogens with one attached hydrogen (secondary N) is 2. The zero-order valence-corrected chi connectivity index (χ0v) is 15.0. The number of carbonyl (C=O) groups excluding carboxylic acids is 2. The molecule has 3 aromatic rings. The summed E-state index contributed by atoms with van der Waals surface area (Å²) in [5.41, 5.74) is -0.923. The molecule has 0 unspecified atom stereocenters. The van der Waals surface area contributed by atoms with Gasteiger partial charge in [0.05, 0.1) is 12.8 Å². The normalized spacial score (nSPS) is 13.0. The van der Waals surface area contributed by atoms with Crippen LogP contribution in [-0.2, 0) is 21.7 Å². The van der Waals surface area contributed by atoms with E-state index in [9.17, 15) is 19.1 Å². The standard InChI is InChI=1S/C19H17FN2O4S/c20-14-7-5-13(6-8-14)11-21-17(23)18(24)22-12-19(25,15-3-1-9-26-15)16-4-2-10-27-16/h1-10,25H,11-12H2,(H,21,23)(H,22,24)/t19-/m0/s1. The van der Waals surface area contributed by atoms with Gasteiger partial charge >= 0.3 is 11.8 Å². The van der Waals surface area contributed by atoms with E-state index in [1.807, 2.05) is 0 Å². The van der Waals surface area contributed by atoms with E-state index in [0.717, 1.165) is 0 Å². The van der Waals surface area contributed by atoms with Gasteiger partial charge in [0, 0.05) is 11.4 Å². The van der Waals surface area contributed by atoms with E-state index in [4.69, 9.17) is 4.42 Å². The Morgan fingerprint density at radius 1 is 1.07 bits per heavy atom. The SMILES string of the molecule is O=C(NCc1ccc(F)cc1)C(=O)NC[C@](O)(c1ccco1)c1cccs1. The van der Waals surface area contributed by atoms with Gasteiger partial charge in [-0.25, -0.2) is 4.39 Å². The van der Waals surface area contributed by atoms with Crippen molar-refractivity contribution in [1.29, 1.82) is 0 Å². The van der Waals surface area contributed by atoms with Crippen LogP contribution in [0.2, 0.25) is 0 Å². The average Bonchev–Trinajstić information content (AvgIpc) is 3.39. The van der Waals surface area contributed by atoms with Gasteiger partial charge in [0.15, 0.2) is 5.60 Å². The van der Waals surface area contributed by atoms with Crippen LogP contribution in [-0.4, -0.2) is 23.5 Å². The van der Waals surface area contributed by atoms with E-state index in [1.165, 1.54) is 41.9 Å². The monoisotopic (exact) mass is 388 g/mol. The van der Waals surface area contributed by atoms with Crippen LogP contribution >= 0.6 is 11.3 Å². The van der Waals surface area contributed by atoms with Crippen molar-refractivity contribution in [2.45, 2.75) is 12.1 Å². The third kappa shape index (κ3) is 4.42. The van der Waals surface area contributed by atoms with Crippen molar-refractivity contribution < 1.29 is 23.5 Å². The largest absolute Gasteiger partial charge is 0.466 e. The minimum atomic E-state index is -1.58. The summed E-state index contributed by atoms with van der Waals surface area (Å²) in [6.07, 6.45) is 1.42. The lowest BCUT2D eigenvalue weighted by Crippen LogP contribution is -2.46. The second-order valence-electron chi connectivity index (χ2n) is 5.81. The Morgan fingerprint density at radius 2 is 1.81 bits per heavy atom. The molecule has 3 N–H and O–H groups in total. The van der Waals surface area contributed by atoms with Crippen LogP contribution in [0.15, 0.2) is 64.6 Å². The molecule has 2 aromatic heterocycles. The first-order valence-corrected chi connectivity index (χ1v) is 8.98. The molecule has 0 aliphatic rings. The van der Waals surface area contributed by atoms with E-state index >= 15 is 0 Å². The molecule has 8 heteroatoms. The summed E-state index contributed by atoms with van der Waals surface area (Å²) >= 11 is 1.30. The lowest BCUT2D eigenvalue weighted by Gasteiger charge is -2.25. The minimum Gasteiger partial charge on any atom is -0.466 e. The van der Waals surface area contributed by atoms with E-state index in [0.29, 0.717) is 10.4 Å². The van der Waals surface area contributed by atoms with Gasteiger partial charge in [0.2, 0.25) is 0 Å². The molecular formula is C19H17FN2O4S.